The van der Waals surface area contributed by atoms with Crippen LogP contribution in [-0.4, -0.2) is 31.9 Å². The lowest BCUT2D eigenvalue weighted by Crippen LogP contribution is -2.30. The molecule has 2 amide bonds. The number of carbonyl (C=O) groups excluding carboxylic acids is 1. The molecule has 100 valence electrons. The van der Waals surface area contributed by atoms with Gasteiger partial charge in [0, 0.05) is 12.7 Å². The number of rotatable bonds is 5. The SMILES string of the molecule is CCCOc1ccc(NC(=O)N(C)OC)cc1C. The Morgan fingerprint density at radius 1 is 1.44 bits per heavy atom. The van der Waals surface area contributed by atoms with Crippen LogP contribution < -0.4 is 10.1 Å². The standard InChI is InChI=1S/C13H20N2O3/c1-5-8-18-12-7-6-11(9-10(12)2)14-13(16)15(3)17-4/h6-7,9H,5,8H2,1-4H3,(H,14,16). The third-order valence-electron chi connectivity index (χ3n) is 2.45. The lowest BCUT2D eigenvalue weighted by atomic mass is 10.2. The second kappa shape index (κ2) is 6.86. The maximum Gasteiger partial charge on any atom is 0.345 e. The van der Waals surface area contributed by atoms with Crippen LogP contribution in [0, 0.1) is 6.92 Å². The van der Waals surface area contributed by atoms with Gasteiger partial charge in [0.05, 0.1) is 13.7 Å². The van der Waals surface area contributed by atoms with Crippen molar-refractivity contribution in [3.8, 4) is 5.75 Å². The zero-order valence-electron chi connectivity index (χ0n) is 11.3. The topological polar surface area (TPSA) is 50.8 Å². The molecule has 0 aliphatic carbocycles. The summed E-state index contributed by atoms with van der Waals surface area (Å²) in [5.41, 5.74) is 1.70. The maximum atomic E-state index is 11.6. The molecule has 1 aromatic rings. The van der Waals surface area contributed by atoms with Gasteiger partial charge in [0.2, 0.25) is 0 Å². The molecule has 1 rings (SSSR count). The zero-order valence-corrected chi connectivity index (χ0v) is 11.3. The number of ether oxygens (including phenoxy) is 1. The van der Waals surface area contributed by atoms with Gasteiger partial charge >= 0.3 is 6.03 Å². The largest absolute Gasteiger partial charge is 0.493 e. The van der Waals surface area contributed by atoms with Crippen LogP contribution in [0.1, 0.15) is 18.9 Å². The van der Waals surface area contributed by atoms with Gasteiger partial charge in [-0.3, -0.25) is 4.84 Å². The van der Waals surface area contributed by atoms with Crippen LogP contribution in [0.15, 0.2) is 18.2 Å². The third kappa shape index (κ3) is 3.92. The van der Waals surface area contributed by atoms with Crippen molar-refractivity contribution in [3.05, 3.63) is 23.8 Å². The van der Waals surface area contributed by atoms with Gasteiger partial charge < -0.3 is 10.1 Å². The quantitative estimate of drug-likeness (QED) is 0.820. The molecular weight excluding hydrogens is 232 g/mol. The minimum Gasteiger partial charge on any atom is -0.493 e. The number of aryl methyl sites for hydroxylation is 1. The lowest BCUT2D eigenvalue weighted by Gasteiger charge is -2.15. The van der Waals surface area contributed by atoms with E-state index in [1.54, 1.807) is 13.1 Å². The molecule has 5 nitrogen and oxygen atoms in total. The zero-order chi connectivity index (χ0) is 13.5. The van der Waals surface area contributed by atoms with Gasteiger partial charge in [0.25, 0.3) is 0 Å². The molecule has 0 aromatic heterocycles. The van der Waals surface area contributed by atoms with Gasteiger partial charge in [0.15, 0.2) is 0 Å². The summed E-state index contributed by atoms with van der Waals surface area (Å²) >= 11 is 0. The second-order valence-corrected chi connectivity index (χ2v) is 3.94. The highest BCUT2D eigenvalue weighted by atomic mass is 16.7. The number of hydrogen-bond donors (Lipinski definition) is 1. The summed E-state index contributed by atoms with van der Waals surface area (Å²) < 4.78 is 5.57. The summed E-state index contributed by atoms with van der Waals surface area (Å²) in [6.07, 6.45) is 0.969. The molecule has 0 bridgehead atoms. The number of nitrogens with one attached hydrogen (secondary N) is 1. The Morgan fingerprint density at radius 3 is 2.72 bits per heavy atom. The van der Waals surface area contributed by atoms with Gasteiger partial charge in [-0.15, -0.1) is 0 Å². The number of hydrogen-bond acceptors (Lipinski definition) is 3. The normalized spacial score (nSPS) is 10.0. The Bertz CT molecular complexity index is 407. The van der Waals surface area contributed by atoms with Gasteiger partial charge in [-0.2, -0.15) is 0 Å². The van der Waals surface area contributed by atoms with Gasteiger partial charge in [-0.1, -0.05) is 6.92 Å². The molecule has 0 aliphatic rings. The number of amides is 2. The van der Waals surface area contributed by atoms with E-state index in [1.807, 2.05) is 19.1 Å². The van der Waals surface area contributed by atoms with Gasteiger partial charge in [-0.05, 0) is 37.1 Å². The van der Waals surface area contributed by atoms with Gasteiger partial charge in [-0.25, -0.2) is 9.86 Å². The van der Waals surface area contributed by atoms with Crippen molar-refractivity contribution in [2.45, 2.75) is 20.3 Å². The number of nitrogens with zero attached hydrogens (tertiary/aromatic N) is 1. The summed E-state index contributed by atoms with van der Waals surface area (Å²) in [6.45, 7) is 4.70. The van der Waals surface area contributed by atoms with Crippen molar-refractivity contribution in [2.75, 3.05) is 26.1 Å². The average molecular weight is 252 g/mol. The van der Waals surface area contributed by atoms with Crippen molar-refractivity contribution < 1.29 is 14.4 Å². The summed E-state index contributed by atoms with van der Waals surface area (Å²) in [6, 6.07) is 5.21. The lowest BCUT2D eigenvalue weighted by molar-refractivity contribution is -0.0598. The molecule has 0 unspecified atom stereocenters. The van der Waals surface area contributed by atoms with Gasteiger partial charge in [0.1, 0.15) is 5.75 Å². The number of anilines is 1. The molecule has 1 N–H and O–H groups in total. The van der Waals surface area contributed by atoms with Crippen LogP contribution in [0.2, 0.25) is 0 Å². The van der Waals surface area contributed by atoms with E-state index >= 15 is 0 Å². The smallest absolute Gasteiger partial charge is 0.345 e. The monoisotopic (exact) mass is 252 g/mol. The first-order valence-corrected chi connectivity index (χ1v) is 5.90. The molecule has 0 radical (unpaired) electrons. The van der Waals surface area contributed by atoms with Crippen molar-refractivity contribution in [1.82, 2.24) is 5.06 Å². The number of carbonyl (C=O) groups is 1. The molecule has 0 atom stereocenters. The predicted octanol–water partition coefficient (Wildman–Crippen LogP) is 2.81. The molecule has 0 aliphatic heterocycles. The van der Waals surface area contributed by atoms with Crippen molar-refractivity contribution in [2.24, 2.45) is 0 Å². The van der Waals surface area contributed by atoms with E-state index in [4.69, 9.17) is 9.57 Å². The highest BCUT2D eigenvalue weighted by Gasteiger charge is 2.08. The highest BCUT2D eigenvalue weighted by Crippen LogP contribution is 2.22. The summed E-state index contributed by atoms with van der Waals surface area (Å²) in [7, 11) is 2.98. The van der Waals surface area contributed by atoms with Crippen LogP contribution >= 0.6 is 0 Å². The Labute approximate surface area is 108 Å². The molecular formula is C13H20N2O3. The predicted molar refractivity (Wildman–Crippen MR) is 70.8 cm³/mol. The summed E-state index contributed by atoms with van der Waals surface area (Å²) in [5.74, 6) is 0.843. The van der Waals surface area contributed by atoms with Crippen LogP contribution in [0.5, 0.6) is 5.75 Å². The molecule has 18 heavy (non-hydrogen) atoms. The first kappa shape index (κ1) is 14.3. The minimum atomic E-state index is -0.320. The number of hydroxylamine groups is 2. The molecule has 0 spiro atoms. The molecule has 1 aromatic carbocycles. The first-order chi connectivity index (χ1) is 8.58. The fraction of sp³-hybridized carbons (Fsp3) is 0.462. The van der Waals surface area contributed by atoms with E-state index in [0.717, 1.165) is 22.8 Å². The Kier molecular flexibility index (Phi) is 5.45. The summed E-state index contributed by atoms with van der Waals surface area (Å²) in [4.78, 5) is 16.4. The Balaban J connectivity index is 2.69. The summed E-state index contributed by atoms with van der Waals surface area (Å²) in [5, 5.41) is 3.85. The van der Waals surface area contributed by atoms with E-state index < -0.39 is 0 Å². The average Bonchev–Trinajstić information content (AvgIpc) is 2.36. The van der Waals surface area contributed by atoms with Crippen molar-refractivity contribution in [3.63, 3.8) is 0 Å². The van der Waals surface area contributed by atoms with Crippen molar-refractivity contribution >= 4 is 11.7 Å². The van der Waals surface area contributed by atoms with E-state index in [2.05, 4.69) is 12.2 Å². The highest BCUT2D eigenvalue weighted by molar-refractivity contribution is 5.88. The van der Waals surface area contributed by atoms with Crippen LogP contribution in [-0.2, 0) is 4.84 Å². The van der Waals surface area contributed by atoms with Crippen LogP contribution in [0.25, 0.3) is 0 Å². The van der Waals surface area contributed by atoms with E-state index in [9.17, 15) is 4.79 Å². The van der Waals surface area contributed by atoms with Crippen LogP contribution in [0.3, 0.4) is 0 Å². The molecule has 0 fully saturated rings. The number of benzene rings is 1. The van der Waals surface area contributed by atoms with E-state index in [1.165, 1.54) is 7.11 Å². The minimum absolute atomic E-state index is 0.320. The number of urea groups is 1. The molecule has 5 heteroatoms. The van der Waals surface area contributed by atoms with Crippen molar-refractivity contribution in [1.29, 1.82) is 0 Å². The Hall–Kier alpha value is -1.75. The maximum absolute atomic E-state index is 11.6. The fourth-order valence-electron chi connectivity index (χ4n) is 1.39. The second-order valence-electron chi connectivity index (χ2n) is 3.94. The third-order valence-corrected chi connectivity index (χ3v) is 2.45. The molecule has 0 saturated heterocycles. The van der Waals surface area contributed by atoms with E-state index in [0.29, 0.717) is 12.3 Å². The Morgan fingerprint density at radius 2 is 2.17 bits per heavy atom. The van der Waals surface area contributed by atoms with Crippen LogP contribution in [0.4, 0.5) is 10.5 Å². The van der Waals surface area contributed by atoms with E-state index in [-0.39, 0.29) is 6.03 Å². The fourth-order valence-corrected chi connectivity index (χ4v) is 1.39. The molecule has 0 saturated carbocycles. The molecule has 0 heterocycles. The first-order valence-electron chi connectivity index (χ1n) is 5.90.